The second-order valence-corrected chi connectivity index (χ2v) is 16.4. The molecule has 0 aromatic heterocycles. The predicted molar refractivity (Wildman–Crippen MR) is 166 cm³/mol. The van der Waals surface area contributed by atoms with Crippen molar-refractivity contribution in [1.82, 2.24) is 0 Å². The Hall–Kier alpha value is -3.22. The fourth-order valence-electron chi connectivity index (χ4n) is 6.60. The van der Waals surface area contributed by atoms with Crippen LogP contribution in [-0.4, -0.2) is 34.0 Å². The Labute approximate surface area is 246 Å². The van der Waals surface area contributed by atoms with E-state index >= 15 is 0 Å². The highest BCUT2D eigenvalue weighted by atomic mass is 28.4. The van der Waals surface area contributed by atoms with Crippen molar-refractivity contribution in [1.29, 1.82) is 0 Å². The molecular formula is C35H44O5Si. The maximum absolute atomic E-state index is 12.4. The van der Waals surface area contributed by atoms with E-state index in [0.717, 1.165) is 30.4 Å². The number of ether oxygens (including phenoxy) is 2. The Bertz CT molecular complexity index is 1250. The van der Waals surface area contributed by atoms with Crippen LogP contribution in [0.15, 0.2) is 84.9 Å². The Balaban J connectivity index is 1.68. The number of hydrogen-bond donors (Lipinski definition) is 0. The fraction of sp³-hybridized carbons (Fsp3) is 0.429. The molecule has 4 rings (SSSR count). The summed E-state index contributed by atoms with van der Waals surface area (Å²) >= 11 is 0. The molecular weight excluding hydrogens is 528 g/mol. The largest absolute Gasteiger partial charge is 0.469 e. The molecule has 0 heterocycles. The Morgan fingerprint density at radius 3 is 2.02 bits per heavy atom. The average Bonchev–Trinajstić information content (AvgIpc) is 3.44. The summed E-state index contributed by atoms with van der Waals surface area (Å²) in [5.41, 5.74) is 2.00. The van der Waals surface area contributed by atoms with Crippen LogP contribution in [0.5, 0.6) is 0 Å². The first-order chi connectivity index (χ1) is 19.7. The Kier molecular flexibility index (Phi) is 10.2. The number of rotatable bonds is 11. The zero-order chi connectivity index (χ0) is 29.5. The highest BCUT2D eigenvalue weighted by Gasteiger charge is 2.51. The van der Waals surface area contributed by atoms with Crippen molar-refractivity contribution < 1.29 is 23.5 Å². The minimum atomic E-state index is -2.69. The van der Waals surface area contributed by atoms with E-state index in [2.05, 4.69) is 81.4 Å². The highest BCUT2D eigenvalue weighted by Crippen LogP contribution is 2.45. The monoisotopic (exact) mass is 572 g/mol. The van der Waals surface area contributed by atoms with E-state index in [9.17, 15) is 9.59 Å². The number of hydrogen-bond acceptors (Lipinski definition) is 5. The van der Waals surface area contributed by atoms with Gasteiger partial charge in [-0.15, -0.1) is 0 Å². The van der Waals surface area contributed by atoms with Crippen molar-refractivity contribution >= 4 is 30.6 Å². The lowest BCUT2D eigenvalue weighted by Gasteiger charge is -2.44. The molecule has 1 saturated carbocycles. The molecule has 5 nitrogen and oxygen atoms in total. The van der Waals surface area contributed by atoms with Crippen molar-refractivity contribution in [2.24, 2.45) is 11.8 Å². The molecule has 3 atom stereocenters. The summed E-state index contributed by atoms with van der Waals surface area (Å²) in [6, 6.07) is 29.4. The lowest BCUT2D eigenvalue weighted by molar-refractivity contribution is -0.151. The first kappa shape index (κ1) is 30.7. The standard InChI is InChI=1S/C35H44O5Si/c1-26(36)40-34(31-21-13-12-15-27(31)23-24-33(37)38-5)32-22-14-16-28(32)25-39-41(35(2,3)4,29-17-8-6-9-18-29)30-19-10-7-11-20-30/h6-13,15,17-21,28,32,34H,14,16,22-25H2,1-5H3/t28-,32+,34?/m0/s1. The van der Waals surface area contributed by atoms with E-state index in [4.69, 9.17) is 13.9 Å². The van der Waals surface area contributed by atoms with E-state index < -0.39 is 14.4 Å². The van der Waals surface area contributed by atoms with Gasteiger partial charge in [0, 0.05) is 25.9 Å². The van der Waals surface area contributed by atoms with Crippen LogP contribution >= 0.6 is 0 Å². The van der Waals surface area contributed by atoms with Gasteiger partial charge in [-0.25, -0.2) is 0 Å². The van der Waals surface area contributed by atoms with Gasteiger partial charge in [-0.2, -0.15) is 0 Å². The fourth-order valence-corrected chi connectivity index (χ4v) is 11.2. The van der Waals surface area contributed by atoms with Gasteiger partial charge >= 0.3 is 11.9 Å². The van der Waals surface area contributed by atoms with Gasteiger partial charge in [-0.05, 0) is 51.7 Å². The summed E-state index contributed by atoms with van der Waals surface area (Å²) in [4.78, 5) is 24.3. The maximum Gasteiger partial charge on any atom is 0.305 e. The Morgan fingerprint density at radius 2 is 1.46 bits per heavy atom. The molecule has 0 saturated heterocycles. The summed E-state index contributed by atoms with van der Waals surface area (Å²) in [7, 11) is -1.28. The second-order valence-electron chi connectivity index (χ2n) is 12.1. The zero-order valence-corrected chi connectivity index (χ0v) is 26.1. The van der Waals surface area contributed by atoms with Crippen molar-refractivity contribution in [3.8, 4) is 0 Å². The molecule has 41 heavy (non-hydrogen) atoms. The predicted octanol–water partition coefficient (Wildman–Crippen LogP) is 6.39. The molecule has 0 spiro atoms. The van der Waals surface area contributed by atoms with Crippen LogP contribution in [-0.2, 0) is 29.9 Å². The molecule has 6 heteroatoms. The van der Waals surface area contributed by atoms with E-state index in [-0.39, 0.29) is 35.2 Å². The quantitative estimate of drug-likeness (QED) is 0.197. The normalized spacial score (nSPS) is 18.1. The number of esters is 2. The molecule has 1 aliphatic carbocycles. The van der Waals surface area contributed by atoms with Gasteiger partial charge in [0.2, 0.25) is 0 Å². The number of benzene rings is 3. The van der Waals surface area contributed by atoms with E-state index in [1.165, 1.54) is 24.4 Å². The molecule has 1 fully saturated rings. The molecule has 0 N–H and O–H groups in total. The molecule has 0 bridgehead atoms. The number of methoxy groups -OCH3 is 1. The van der Waals surface area contributed by atoms with Crippen LogP contribution < -0.4 is 10.4 Å². The van der Waals surface area contributed by atoms with Gasteiger partial charge in [0.1, 0.15) is 6.10 Å². The smallest absolute Gasteiger partial charge is 0.305 e. The summed E-state index contributed by atoms with van der Waals surface area (Å²) in [5.74, 6) is -0.191. The van der Waals surface area contributed by atoms with Crippen molar-refractivity contribution in [3.63, 3.8) is 0 Å². The van der Waals surface area contributed by atoms with E-state index in [0.29, 0.717) is 13.0 Å². The molecule has 3 aromatic carbocycles. The lowest BCUT2D eigenvalue weighted by Crippen LogP contribution is -2.67. The molecule has 0 radical (unpaired) electrons. The van der Waals surface area contributed by atoms with Gasteiger partial charge in [0.15, 0.2) is 0 Å². The molecule has 0 amide bonds. The molecule has 0 aliphatic heterocycles. The maximum atomic E-state index is 12.4. The third kappa shape index (κ3) is 6.99. The third-order valence-electron chi connectivity index (χ3n) is 8.52. The van der Waals surface area contributed by atoms with Crippen molar-refractivity contribution in [2.75, 3.05) is 13.7 Å². The minimum Gasteiger partial charge on any atom is -0.469 e. The van der Waals surface area contributed by atoms with Crippen LogP contribution in [0, 0.1) is 11.8 Å². The van der Waals surface area contributed by atoms with Gasteiger partial charge in [0.05, 0.1) is 7.11 Å². The number of carbonyl (C=O) groups is 2. The SMILES string of the molecule is COC(=O)CCc1ccccc1C(OC(C)=O)[C@@H]1CCC[C@H]1CO[Si](c1ccccc1)(c1ccccc1)C(C)(C)C. The average molecular weight is 573 g/mol. The van der Waals surface area contributed by atoms with Crippen LogP contribution in [0.1, 0.15) is 70.6 Å². The van der Waals surface area contributed by atoms with Crippen molar-refractivity contribution in [3.05, 3.63) is 96.1 Å². The molecule has 3 aromatic rings. The molecule has 1 aliphatic rings. The van der Waals surface area contributed by atoms with Gasteiger partial charge in [-0.1, -0.05) is 112 Å². The first-order valence-corrected chi connectivity index (χ1v) is 16.6. The zero-order valence-electron chi connectivity index (χ0n) is 25.1. The first-order valence-electron chi connectivity index (χ1n) is 14.7. The van der Waals surface area contributed by atoms with Gasteiger partial charge < -0.3 is 13.9 Å². The topological polar surface area (TPSA) is 61.8 Å². The van der Waals surface area contributed by atoms with E-state index in [1.807, 2.05) is 24.3 Å². The Morgan fingerprint density at radius 1 is 0.878 bits per heavy atom. The lowest BCUT2D eigenvalue weighted by atomic mass is 9.84. The molecule has 1 unspecified atom stereocenters. The van der Waals surface area contributed by atoms with Crippen LogP contribution in [0.2, 0.25) is 5.04 Å². The molecule has 218 valence electrons. The highest BCUT2D eigenvalue weighted by molar-refractivity contribution is 6.99. The van der Waals surface area contributed by atoms with Gasteiger partial charge in [-0.3, -0.25) is 9.59 Å². The summed E-state index contributed by atoms with van der Waals surface area (Å²) < 4.78 is 18.3. The van der Waals surface area contributed by atoms with Crippen molar-refractivity contribution in [2.45, 2.75) is 70.9 Å². The summed E-state index contributed by atoms with van der Waals surface area (Å²) in [6.45, 7) is 8.96. The van der Waals surface area contributed by atoms with Crippen LogP contribution in [0.4, 0.5) is 0 Å². The summed E-state index contributed by atoms with van der Waals surface area (Å²) in [5, 5.41) is 2.41. The number of carbonyl (C=O) groups excluding carboxylic acids is 2. The van der Waals surface area contributed by atoms with Crippen LogP contribution in [0.25, 0.3) is 0 Å². The third-order valence-corrected chi connectivity index (χ3v) is 13.5. The number of aryl methyl sites for hydroxylation is 1. The summed E-state index contributed by atoms with van der Waals surface area (Å²) in [6.07, 6.45) is 3.46. The minimum absolute atomic E-state index is 0.112. The second kappa shape index (κ2) is 13.6. The van der Waals surface area contributed by atoms with Crippen LogP contribution in [0.3, 0.4) is 0 Å². The van der Waals surface area contributed by atoms with Gasteiger partial charge in [0.25, 0.3) is 8.32 Å². The van der Waals surface area contributed by atoms with E-state index in [1.54, 1.807) is 0 Å².